The zero-order valence-corrected chi connectivity index (χ0v) is 17.6. The zero-order valence-electron chi connectivity index (χ0n) is 16.1. The van der Waals surface area contributed by atoms with Gasteiger partial charge >= 0.3 is 5.97 Å². The van der Waals surface area contributed by atoms with Crippen LogP contribution in [0.3, 0.4) is 0 Å². The Morgan fingerprint density at radius 3 is 2.46 bits per heavy atom. The predicted molar refractivity (Wildman–Crippen MR) is 113 cm³/mol. The van der Waals surface area contributed by atoms with Gasteiger partial charge in [0.05, 0.1) is 19.7 Å². The topological polar surface area (TPSA) is 59.8 Å². The lowest BCUT2D eigenvalue weighted by molar-refractivity contribution is -0.890. The van der Waals surface area contributed by atoms with Gasteiger partial charge in [-0.3, -0.25) is 4.79 Å². The number of rotatable bonds is 6. The monoisotopic (exact) mass is 421 g/mol. The summed E-state index contributed by atoms with van der Waals surface area (Å²) in [4.78, 5) is 26.6. The highest BCUT2D eigenvalue weighted by Crippen LogP contribution is 2.43. The largest absolute Gasteiger partial charge is 0.462 e. The van der Waals surface area contributed by atoms with Crippen molar-refractivity contribution in [3.8, 4) is 11.1 Å². The Balaban J connectivity index is 1.85. The van der Waals surface area contributed by atoms with Gasteiger partial charge in [-0.15, -0.1) is 11.3 Å². The van der Waals surface area contributed by atoms with Gasteiger partial charge in [0, 0.05) is 5.56 Å². The number of likely N-dealkylation sites (tertiary alicyclic amines) is 1. The Labute approximate surface area is 174 Å². The Kier molecular flexibility index (Phi) is 7.48. The van der Waals surface area contributed by atoms with E-state index in [1.54, 1.807) is 6.92 Å². The van der Waals surface area contributed by atoms with E-state index in [-0.39, 0.29) is 12.5 Å². The lowest BCUT2D eigenvalue weighted by Crippen LogP contribution is -3.12. The lowest BCUT2D eigenvalue weighted by Gasteiger charge is -2.16. The summed E-state index contributed by atoms with van der Waals surface area (Å²) in [5.41, 5.74) is 1.77. The van der Waals surface area contributed by atoms with E-state index in [2.05, 4.69) is 5.32 Å². The maximum atomic E-state index is 12.7. The van der Waals surface area contributed by atoms with Gasteiger partial charge in [-0.05, 0) is 38.2 Å². The maximum Gasteiger partial charge on any atom is 0.341 e. The van der Waals surface area contributed by atoms with E-state index in [4.69, 9.17) is 16.3 Å². The molecule has 1 aliphatic heterocycles. The number of hydrogen-bond donors (Lipinski definition) is 2. The molecular weight excluding hydrogens is 396 g/mol. The molecule has 7 heteroatoms. The van der Waals surface area contributed by atoms with Crippen molar-refractivity contribution in [2.75, 3.05) is 31.6 Å². The fraction of sp³-hybridized carbons (Fsp3) is 0.429. The molecule has 150 valence electrons. The smallest absolute Gasteiger partial charge is 0.341 e. The molecule has 1 fully saturated rings. The van der Waals surface area contributed by atoms with Gasteiger partial charge in [-0.1, -0.05) is 41.9 Å². The number of ether oxygens (including phenoxy) is 1. The summed E-state index contributed by atoms with van der Waals surface area (Å²) in [6.45, 7) is 4.44. The van der Waals surface area contributed by atoms with E-state index < -0.39 is 5.97 Å². The molecule has 0 atom stereocenters. The zero-order chi connectivity index (χ0) is 19.9. The number of carbonyl (C=O) groups excluding carboxylic acids is 2. The van der Waals surface area contributed by atoms with Crippen LogP contribution in [-0.2, 0) is 9.53 Å². The van der Waals surface area contributed by atoms with E-state index in [1.807, 2.05) is 30.3 Å². The first-order valence-corrected chi connectivity index (χ1v) is 11.0. The van der Waals surface area contributed by atoms with Crippen molar-refractivity contribution >= 4 is 39.8 Å². The highest BCUT2D eigenvalue weighted by molar-refractivity contribution is 7.21. The second-order valence-corrected chi connectivity index (χ2v) is 8.55. The van der Waals surface area contributed by atoms with Crippen LogP contribution in [0.5, 0.6) is 0 Å². The molecule has 0 radical (unpaired) electrons. The number of hydrogen-bond acceptors (Lipinski definition) is 4. The molecule has 1 aliphatic rings. The molecule has 0 unspecified atom stereocenters. The van der Waals surface area contributed by atoms with Gasteiger partial charge in [-0.2, -0.15) is 0 Å². The fourth-order valence-electron chi connectivity index (χ4n) is 3.56. The molecule has 2 aromatic rings. The first-order chi connectivity index (χ1) is 13.6. The number of anilines is 1. The molecule has 2 heterocycles. The summed E-state index contributed by atoms with van der Waals surface area (Å²) in [7, 11) is 0. The highest BCUT2D eigenvalue weighted by Gasteiger charge is 2.27. The van der Waals surface area contributed by atoms with Crippen molar-refractivity contribution in [2.24, 2.45) is 0 Å². The summed E-state index contributed by atoms with van der Waals surface area (Å²) in [6, 6.07) is 9.46. The molecule has 3 rings (SSSR count). The van der Waals surface area contributed by atoms with Crippen LogP contribution in [0.1, 0.15) is 43.0 Å². The predicted octanol–water partition coefficient (Wildman–Crippen LogP) is 3.64. The van der Waals surface area contributed by atoms with Crippen molar-refractivity contribution < 1.29 is 19.2 Å². The van der Waals surface area contributed by atoms with Crippen molar-refractivity contribution in [3.05, 3.63) is 40.2 Å². The number of quaternary nitrogens is 1. The molecular formula is C21H26ClN2O3S+. The standard InChI is InChI=1S/C21H25ClN2O3S/c1-2-27-21(26)18-17(15-10-6-5-7-11-15)19(22)28-20(18)23-16(25)14-24-12-8-3-4-9-13-24/h5-7,10-11H,2-4,8-9,12-14H2,1H3,(H,23,25)/p+1. The minimum Gasteiger partial charge on any atom is -0.462 e. The van der Waals surface area contributed by atoms with Crippen LogP contribution in [0, 0.1) is 0 Å². The maximum absolute atomic E-state index is 12.7. The van der Waals surface area contributed by atoms with Crippen molar-refractivity contribution in [1.29, 1.82) is 0 Å². The molecule has 0 spiro atoms. The number of amides is 1. The van der Waals surface area contributed by atoms with Gasteiger partial charge in [0.2, 0.25) is 0 Å². The lowest BCUT2D eigenvalue weighted by atomic mass is 10.0. The van der Waals surface area contributed by atoms with Gasteiger partial charge in [0.1, 0.15) is 14.9 Å². The minimum absolute atomic E-state index is 0.0972. The van der Waals surface area contributed by atoms with Gasteiger partial charge < -0.3 is 15.0 Å². The van der Waals surface area contributed by atoms with E-state index >= 15 is 0 Å². The molecule has 1 aromatic heterocycles. The van der Waals surface area contributed by atoms with Crippen molar-refractivity contribution in [1.82, 2.24) is 0 Å². The Morgan fingerprint density at radius 2 is 1.82 bits per heavy atom. The number of nitrogens with one attached hydrogen (secondary N) is 2. The number of carbonyl (C=O) groups is 2. The fourth-order valence-corrected chi connectivity index (χ4v) is 4.94. The summed E-state index contributed by atoms with van der Waals surface area (Å²) in [6.07, 6.45) is 4.78. The molecule has 1 amide bonds. The first kappa shape index (κ1) is 20.8. The Hall–Kier alpha value is -1.89. The third kappa shape index (κ3) is 5.13. The molecule has 2 N–H and O–H groups in total. The molecule has 0 aliphatic carbocycles. The second kappa shape index (κ2) is 10.0. The van der Waals surface area contributed by atoms with E-state index in [0.717, 1.165) is 31.5 Å². The molecule has 1 aromatic carbocycles. The van der Waals surface area contributed by atoms with Gasteiger partial charge in [0.15, 0.2) is 6.54 Å². The Morgan fingerprint density at radius 1 is 1.14 bits per heavy atom. The van der Waals surface area contributed by atoms with Gasteiger partial charge in [0.25, 0.3) is 5.91 Å². The summed E-state index contributed by atoms with van der Waals surface area (Å²) in [5.74, 6) is -0.568. The van der Waals surface area contributed by atoms with Crippen LogP contribution < -0.4 is 10.2 Å². The molecule has 28 heavy (non-hydrogen) atoms. The van der Waals surface area contributed by atoms with Crippen LogP contribution in [-0.4, -0.2) is 38.1 Å². The number of halogens is 1. The van der Waals surface area contributed by atoms with Crippen molar-refractivity contribution in [3.63, 3.8) is 0 Å². The third-order valence-corrected chi connectivity index (χ3v) is 6.20. The molecule has 5 nitrogen and oxygen atoms in total. The number of benzene rings is 1. The average Bonchev–Trinajstić information content (AvgIpc) is 2.83. The quantitative estimate of drug-likeness (QED) is 0.700. The third-order valence-electron chi connectivity index (χ3n) is 4.88. The van der Waals surface area contributed by atoms with Gasteiger partial charge in [-0.25, -0.2) is 4.79 Å². The minimum atomic E-state index is -0.470. The summed E-state index contributed by atoms with van der Waals surface area (Å²) < 4.78 is 5.71. The van der Waals surface area contributed by atoms with E-state index in [9.17, 15) is 9.59 Å². The SMILES string of the molecule is CCOC(=O)c1c(NC(=O)C[NH+]2CCCCCC2)sc(Cl)c1-c1ccccc1. The van der Waals surface area contributed by atoms with Crippen LogP contribution in [0.2, 0.25) is 4.34 Å². The van der Waals surface area contributed by atoms with E-state index in [1.165, 1.54) is 29.1 Å². The summed E-state index contributed by atoms with van der Waals surface area (Å²) in [5, 5.41) is 3.38. The normalized spacial score (nSPS) is 15.1. The van der Waals surface area contributed by atoms with E-state index in [0.29, 0.717) is 27.0 Å². The summed E-state index contributed by atoms with van der Waals surface area (Å²) >= 11 is 7.69. The number of esters is 1. The second-order valence-electron chi connectivity index (χ2n) is 6.93. The molecule has 0 saturated carbocycles. The van der Waals surface area contributed by atoms with Crippen molar-refractivity contribution in [2.45, 2.75) is 32.6 Å². The number of thiophene rings is 1. The molecule has 1 saturated heterocycles. The first-order valence-electron chi connectivity index (χ1n) is 9.78. The van der Waals surface area contributed by atoms with Crippen LogP contribution in [0.15, 0.2) is 30.3 Å². The molecule has 0 bridgehead atoms. The van der Waals surface area contributed by atoms with Crippen LogP contribution in [0.25, 0.3) is 11.1 Å². The van der Waals surface area contributed by atoms with Crippen LogP contribution in [0.4, 0.5) is 5.00 Å². The van der Waals surface area contributed by atoms with Crippen LogP contribution >= 0.6 is 22.9 Å². The average molecular weight is 422 g/mol. The Bertz CT molecular complexity index is 815. The highest BCUT2D eigenvalue weighted by atomic mass is 35.5.